The molecule has 8 nitrogen and oxygen atoms in total. The second-order valence-corrected chi connectivity index (χ2v) is 7.60. The highest BCUT2D eigenvalue weighted by Crippen LogP contribution is 2.36. The molecule has 1 fully saturated rings. The Morgan fingerprint density at radius 3 is 2.68 bits per heavy atom. The van der Waals surface area contributed by atoms with Gasteiger partial charge < -0.3 is 15.4 Å². The standard InChI is InChI=1S/C21H21ClFN5O3/c1-31-18-9-4-14(22)12-17(18)25-20(29)24-10-11-27-21(30)28(16-7-8-16)19(26-27)13-2-5-15(23)6-3-13/h2-6,9,12,16H,7-8,10-11H2,1H3,(H2,24,25,29). The van der Waals surface area contributed by atoms with E-state index >= 15 is 0 Å². The number of aromatic nitrogens is 3. The van der Waals surface area contributed by atoms with Gasteiger partial charge in [-0.2, -0.15) is 0 Å². The number of halogens is 2. The van der Waals surface area contributed by atoms with E-state index in [9.17, 15) is 14.0 Å². The zero-order valence-electron chi connectivity index (χ0n) is 16.8. The van der Waals surface area contributed by atoms with Gasteiger partial charge in [-0.1, -0.05) is 11.6 Å². The highest BCUT2D eigenvalue weighted by Gasteiger charge is 2.30. The number of ether oxygens (including phenoxy) is 1. The minimum Gasteiger partial charge on any atom is -0.495 e. The highest BCUT2D eigenvalue weighted by atomic mass is 35.5. The first-order chi connectivity index (χ1) is 15.0. The Kier molecular flexibility index (Phi) is 5.94. The van der Waals surface area contributed by atoms with Gasteiger partial charge in [0.15, 0.2) is 5.82 Å². The first kappa shape index (κ1) is 20.9. The van der Waals surface area contributed by atoms with E-state index in [1.165, 1.54) is 23.9 Å². The Morgan fingerprint density at radius 2 is 2.00 bits per heavy atom. The summed E-state index contributed by atoms with van der Waals surface area (Å²) < 4.78 is 21.4. The number of hydrogen-bond acceptors (Lipinski definition) is 4. The largest absolute Gasteiger partial charge is 0.495 e. The van der Waals surface area contributed by atoms with E-state index in [0.29, 0.717) is 27.8 Å². The van der Waals surface area contributed by atoms with Crippen LogP contribution in [0.15, 0.2) is 47.3 Å². The van der Waals surface area contributed by atoms with Crippen LogP contribution in [0.1, 0.15) is 18.9 Å². The van der Waals surface area contributed by atoms with Crippen LogP contribution in [0.2, 0.25) is 5.02 Å². The fraction of sp³-hybridized carbons (Fsp3) is 0.286. The molecule has 1 aliphatic rings. The molecule has 0 radical (unpaired) electrons. The molecule has 2 N–H and O–H groups in total. The van der Waals surface area contributed by atoms with E-state index in [4.69, 9.17) is 16.3 Å². The third-order valence-corrected chi connectivity index (χ3v) is 5.14. The predicted octanol–water partition coefficient (Wildman–Crippen LogP) is 3.67. The van der Waals surface area contributed by atoms with Gasteiger partial charge in [-0.15, -0.1) is 5.10 Å². The van der Waals surface area contributed by atoms with E-state index in [1.807, 2.05) is 0 Å². The number of nitrogens with one attached hydrogen (secondary N) is 2. The van der Waals surface area contributed by atoms with Crippen molar-refractivity contribution in [2.45, 2.75) is 25.4 Å². The molecular weight excluding hydrogens is 425 g/mol. The zero-order valence-corrected chi connectivity index (χ0v) is 17.5. The molecule has 0 unspecified atom stereocenters. The second-order valence-electron chi connectivity index (χ2n) is 7.16. The topological polar surface area (TPSA) is 90.2 Å². The van der Waals surface area contributed by atoms with Crippen molar-refractivity contribution in [3.05, 3.63) is 63.8 Å². The Balaban J connectivity index is 1.44. The zero-order chi connectivity index (χ0) is 22.0. The summed E-state index contributed by atoms with van der Waals surface area (Å²) >= 11 is 5.97. The number of methoxy groups -OCH3 is 1. The lowest BCUT2D eigenvalue weighted by Crippen LogP contribution is -2.34. The average molecular weight is 446 g/mol. The molecule has 4 rings (SSSR count). The van der Waals surface area contributed by atoms with Crippen molar-refractivity contribution in [1.82, 2.24) is 19.7 Å². The van der Waals surface area contributed by atoms with E-state index in [0.717, 1.165) is 12.8 Å². The van der Waals surface area contributed by atoms with Crippen molar-refractivity contribution in [1.29, 1.82) is 0 Å². The SMILES string of the molecule is COc1ccc(Cl)cc1NC(=O)NCCn1nc(-c2ccc(F)cc2)n(C2CC2)c1=O. The minimum atomic E-state index is -0.464. The van der Waals surface area contributed by atoms with Gasteiger partial charge in [0, 0.05) is 23.2 Å². The van der Waals surface area contributed by atoms with Crippen LogP contribution in [-0.2, 0) is 6.54 Å². The lowest BCUT2D eigenvalue weighted by Gasteiger charge is -2.11. The number of amides is 2. The summed E-state index contributed by atoms with van der Waals surface area (Å²) in [6.07, 6.45) is 1.81. The number of rotatable bonds is 7. The van der Waals surface area contributed by atoms with Crippen LogP contribution >= 0.6 is 11.6 Å². The first-order valence-electron chi connectivity index (χ1n) is 9.80. The summed E-state index contributed by atoms with van der Waals surface area (Å²) in [6.45, 7) is 0.367. The van der Waals surface area contributed by atoms with Crippen LogP contribution in [0.5, 0.6) is 5.75 Å². The van der Waals surface area contributed by atoms with Gasteiger partial charge in [0.1, 0.15) is 11.6 Å². The Morgan fingerprint density at radius 1 is 1.26 bits per heavy atom. The molecule has 1 saturated carbocycles. The van der Waals surface area contributed by atoms with Gasteiger partial charge in [-0.25, -0.2) is 18.7 Å². The number of anilines is 1. The quantitative estimate of drug-likeness (QED) is 0.580. The molecule has 1 heterocycles. The van der Waals surface area contributed by atoms with E-state index < -0.39 is 6.03 Å². The van der Waals surface area contributed by atoms with Gasteiger partial charge in [-0.3, -0.25) is 4.57 Å². The lowest BCUT2D eigenvalue weighted by molar-refractivity contribution is 0.251. The van der Waals surface area contributed by atoms with Crippen LogP contribution < -0.4 is 21.1 Å². The maximum Gasteiger partial charge on any atom is 0.346 e. The number of nitrogens with zero attached hydrogens (tertiary/aromatic N) is 3. The molecule has 1 aromatic heterocycles. The number of carbonyl (C=O) groups excluding carboxylic acids is 1. The predicted molar refractivity (Wildman–Crippen MR) is 115 cm³/mol. The molecule has 162 valence electrons. The molecule has 0 spiro atoms. The number of urea groups is 1. The van der Waals surface area contributed by atoms with Crippen LogP contribution in [-0.4, -0.2) is 34.0 Å². The van der Waals surface area contributed by atoms with Crippen LogP contribution in [0.3, 0.4) is 0 Å². The second kappa shape index (κ2) is 8.81. The van der Waals surface area contributed by atoms with Crippen molar-refractivity contribution < 1.29 is 13.9 Å². The third kappa shape index (κ3) is 4.72. The number of hydrogen-bond donors (Lipinski definition) is 2. The molecule has 3 aromatic rings. The molecule has 0 saturated heterocycles. The van der Waals surface area contributed by atoms with Crippen molar-refractivity contribution >= 4 is 23.3 Å². The van der Waals surface area contributed by atoms with Gasteiger partial charge in [0.2, 0.25) is 0 Å². The molecule has 1 aliphatic carbocycles. The van der Waals surface area contributed by atoms with Gasteiger partial charge in [0.25, 0.3) is 0 Å². The van der Waals surface area contributed by atoms with E-state index in [2.05, 4.69) is 15.7 Å². The fourth-order valence-electron chi connectivity index (χ4n) is 3.24. The van der Waals surface area contributed by atoms with Crippen LogP contribution in [0, 0.1) is 5.82 Å². The van der Waals surface area contributed by atoms with Crippen molar-refractivity contribution in [2.24, 2.45) is 0 Å². The maximum atomic E-state index is 13.3. The van der Waals surface area contributed by atoms with E-state index in [-0.39, 0.29) is 30.6 Å². The fourth-order valence-corrected chi connectivity index (χ4v) is 3.42. The smallest absolute Gasteiger partial charge is 0.346 e. The normalized spacial score (nSPS) is 13.1. The van der Waals surface area contributed by atoms with Crippen LogP contribution in [0.4, 0.5) is 14.9 Å². The average Bonchev–Trinajstić information content (AvgIpc) is 3.53. The summed E-state index contributed by atoms with van der Waals surface area (Å²) in [6, 6.07) is 10.4. The van der Waals surface area contributed by atoms with Crippen LogP contribution in [0.25, 0.3) is 11.4 Å². The van der Waals surface area contributed by atoms with Crippen molar-refractivity contribution in [2.75, 3.05) is 19.0 Å². The summed E-state index contributed by atoms with van der Waals surface area (Å²) in [5.41, 5.74) is 0.852. The highest BCUT2D eigenvalue weighted by molar-refractivity contribution is 6.31. The third-order valence-electron chi connectivity index (χ3n) is 4.90. The summed E-state index contributed by atoms with van der Waals surface area (Å²) in [7, 11) is 1.49. The number of benzene rings is 2. The Labute approximate surface area is 182 Å². The minimum absolute atomic E-state index is 0.104. The molecular formula is C21H21ClFN5O3. The van der Waals surface area contributed by atoms with Crippen molar-refractivity contribution in [3.8, 4) is 17.1 Å². The Bertz CT molecular complexity index is 1150. The number of carbonyl (C=O) groups is 1. The first-order valence-corrected chi connectivity index (χ1v) is 10.2. The molecule has 0 atom stereocenters. The molecule has 31 heavy (non-hydrogen) atoms. The lowest BCUT2D eigenvalue weighted by atomic mass is 10.2. The summed E-state index contributed by atoms with van der Waals surface area (Å²) in [5.74, 6) is 0.624. The molecule has 10 heteroatoms. The molecule has 2 amide bonds. The van der Waals surface area contributed by atoms with Crippen molar-refractivity contribution in [3.63, 3.8) is 0 Å². The Hall–Kier alpha value is -3.33. The molecule has 0 bridgehead atoms. The molecule has 0 aliphatic heterocycles. The van der Waals surface area contributed by atoms with E-state index in [1.54, 1.807) is 34.9 Å². The summed E-state index contributed by atoms with van der Waals surface area (Å²) in [4.78, 5) is 25.1. The molecule has 2 aromatic carbocycles. The van der Waals surface area contributed by atoms with Gasteiger partial charge in [0.05, 0.1) is 19.3 Å². The van der Waals surface area contributed by atoms with Gasteiger partial charge >= 0.3 is 11.7 Å². The maximum absolute atomic E-state index is 13.3. The summed E-state index contributed by atoms with van der Waals surface area (Å²) in [5, 5.41) is 10.2. The van der Waals surface area contributed by atoms with Gasteiger partial charge in [-0.05, 0) is 55.3 Å². The monoisotopic (exact) mass is 445 g/mol.